The summed E-state index contributed by atoms with van der Waals surface area (Å²) in [6.07, 6.45) is -1.47. The first-order valence-electron chi connectivity index (χ1n) is 11.8. The summed E-state index contributed by atoms with van der Waals surface area (Å²) in [5, 5.41) is 4.22. The summed E-state index contributed by atoms with van der Waals surface area (Å²) in [5.74, 6) is 0. The number of benzene rings is 3. The Kier molecular flexibility index (Phi) is 3.65. The van der Waals surface area contributed by atoms with Crippen molar-refractivity contribution in [2.45, 2.75) is 34.1 Å². The third kappa shape index (κ3) is 2.90. The molecule has 160 valence electrons. The summed E-state index contributed by atoms with van der Waals surface area (Å²) < 4.78 is 33.2. The van der Waals surface area contributed by atoms with Crippen molar-refractivity contribution in [3.63, 3.8) is 0 Å². The maximum atomic E-state index is 8.73. The van der Waals surface area contributed by atoms with Crippen LogP contribution in [-0.2, 0) is 13.4 Å². The SMILES string of the molecule is [2H]C([2H])(c1ccc2oc3c(sc(-c4c(C)ccc5c4oc4ccccc45)[n+]3C)c2c1)C(C)(C)C. The number of thiazole rings is 1. The molecule has 0 bridgehead atoms. The molecule has 6 aromatic rings. The fourth-order valence-corrected chi connectivity index (χ4v) is 5.83. The van der Waals surface area contributed by atoms with Crippen LogP contribution in [0, 0.1) is 12.3 Å². The zero-order chi connectivity index (χ0) is 24.0. The molecule has 4 heteroatoms. The second-order valence-corrected chi connectivity index (χ2v) is 10.5. The number of aromatic nitrogens is 1. The summed E-state index contributed by atoms with van der Waals surface area (Å²) in [4.78, 5) is 0. The van der Waals surface area contributed by atoms with Crippen molar-refractivity contribution in [1.82, 2.24) is 0 Å². The molecule has 0 fully saturated rings. The van der Waals surface area contributed by atoms with Crippen LogP contribution in [-0.4, -0.2) is 0 Å². The minimum Gasteiger partial charge on any atom is -0.455 e. The third-order valence-corrected chi connectivity index (χ3v) is 7.19. The van der Waals surface area contributed by atoms with Crippen LogP contribution in [0.25, 0.3) is 53.9 Å². The Labute approximate surface area is 193 Å². The lowest BCUT2D eigenvalue weighted by atomic mass is 9.88. The standard InChI is InChI=1S/C28H26NO2S/c1-16-10-12-19-18-8-6-7-9-21(18)30-24(19)23(16)27-29(5)26-25(32-27)20-14-17(15-28(2,3)4)11-13-22(20)31-26/h6-14H,15H2,1-5H3/q+1/i15D2. The smallest absolute Gasteiger partial charge is 0.393 e. The van der Waals surface area contributed by atoms with Gasteiger partial charge in [-0.3, -0.25) is 0 Å². The Hall–Kier alpha value is -3.11. The Morgan fingerprint density at radius 3 is 2.53 bits per heavy atom. The van der Waals surface area contributed by atoms with E-state index in [-0.39, 0.29) is 0 Å². The first kappa shape index (κ1) is 17.4. The van der Waals surface area contributed by atoms with Gasteiger partial charge in [-0.15, -0.1) is 0 Å². The number of hydrogen-bond donors (Lipinski definition) is 0. The highest BCUT2D eigenvalue weighted by atomic mass is 32.1. The molecule has 0 atom stereocenters. The number of rotatable bonds is 2. The first-order valence-corrected chi connectivity index (χ1v) is 11.7. The molecule has 3 nitrogen and oxygen atoms in total. The molecule has 3 aromatic heterocycles. The normalized spacial score (nSPS) is 14.0. The van der Waals surface area contributed by atoms with Gasteiger partial charge in [0.1, 0.15) is 23.8 Å². The van der Waals surface area contributed by atoms with E-state index in [1.807, 2.05) is 64.2 Å². The van der Waals surface area contributed by atoms with E-state index in [4.69, 9.17) is 11.6 Å². The average molecular weight is 443 g/mol. The topological polar surface area (TPSA) is 30.2 Å². The van der Waals surface area contributed by atoms with Crippen molar-refractivity contribution >= 4 is 54.7 Å². The van der Waals surface area contributed by atoms with Crippen molar-refractivity contribution in [3.05, 3.63) is 65.7 Å². The Balaban J connectivity index is 1.62. The van der Waals surface area contributed by atoms with Gasteiger partial charge in [0.2, 0.25) is 0 Å². The lowest BCUT2D eigenvalue weighted by Gasteiger charge is -2.17. The largest absolute Gasteiger partial charge is 0.455 e. The van der Waals surface area contributed by atoms with Crippen LogP contribution in [0.2, 0.25) is 0 Å². The molecule has 0 aliphatic heterocycles. The van der Waals surface area contributed by atoms with Crippen LogP contribution in [0.3, 0.4) is 0 Å². The molecule has 0 amide bonds. The van der Waals surface area contributed by atoms with Gasteiger partial charge in [0.05, 0.1) is 0 Å². The minimum absolute atomic E-state index is 0.525. The van der Waals surface area contributed by atoms with E-state index < -0.39 is 11.8 Å². The van der Waals surface area contributed by atoms with E-state index in [0.29, 0.717) is 5.56 Å². The molecule has 0 N–H and O–H groups in total. The monoisotopic (exact) mass is 442 g/mol. The van der Waals surface area contributed by atoms with Gasteiger partial charge in [-0.25, -0.2) is 0 Å². The summed E-state index contributed by atoms with van der Waals surface area (Å²) in [5.41, 5.74) is 5.68. The zero-order valence-electron chi connectivity index (χ0n) is 20.9. The molecule has 0 spiro atoms. The van der Waals surface area contributed by atoms with E-state index in [2.05, 4.69) is 29.7 Å². The van der Waals surface area contributed by atoms with Crippen molar-refractivity contribution in [2.75, 3.05) is 0 Å². The van der Waals surface area contributed by atoms with Crippen LogP contribution in [0.5, 0.6) is 0 Å². The van der Waals surface area contributed by atoms with Gasteiger partial charge >= 0.3 is 5.71 Å². The number of furan rings is 2. The second kappa shape index (κ2) is 6.69. The molecule has 32 heavy (non-hydrogen) atoms. The number of nitrogens with zero attached hydrogens (tertiary/aromatic N) is 1. The van der Waals surface area contributed by atoms with Crippen LogP contribution in [0.4, 0.5) is 0 Å². The van der Waals surface area contributed by atoms with Gasteiger partial charge in [-0.05, 0) is 48.0 Å². The van der Waals surface area contributed by atoms with Crippen molar-refractivity contribution in [2.24, 2.45) is 12.5 Å². The molecular weight excluding hydrogens is 414 g/mol. The van der Waals surface area contributed by atoms with Crippen LogP contribution < -0.4 is 4.57 Å². The van der Waals surface area contributed by atoms with Gasteiger partial charge < -0.3 is 8.83 Å². The molecule has 0 unspecified atom stereocenters. The molecule has 3 aromatic carbocycles. The molecule has 0 aliphatic carbocycles. The highest BCUT2D eigenvalue weighted by Gasteiger charge is 2.29. The molecule has 0 saturated carbocycles. The van der Waals surface area contributed by atoms with Crippen molar-refractivity contribution in [1.29, 1.82) is 0 Å². The average Bonchev–Trinajstić information content (AvgIpc) is 3.43. The number of aryl methyl sites for hydroxylation is 2. The summed E-state index contributed by atoms with van der Waals surface area (Å²) in [7, 11) is 2.02. The highest BCUT2D eigenvalue weighted by molar-refractivity contribution is 7.22. The second-order valence-electron chi connectivity index (χ2n) is 9.52. The number of hydrogen-bond acceptors (Lipinski definition) is 3. The molecular formula is C28H26NO2S+. The maximum Gasteiger partial charge on any atom is 0.393 e. The number of fused-ring (bicyclic) bond motifs is 6. The predicted molar refractivity (Wildman–Crippen MR) is 133 cm³/mol. The summed E-state index contributed by atoms with van der Waals surface area (Å²) >= 11 is 1.67. The molecule has 3 heterocycles. The molecule has 6 rings (SSSR count). The zero-order valence-corrected chi connectivity index (χ0v) is 19.7. The van der Waals surface area contributed by atoms with Crippen LogP contribution >= 0.6 is 11.3 Å². The first-order chi connectivity index (χ1) is 16.1. The van der Waals surface area contributed by atoms with Gasteiger partial charge in [0.15, 0.2) is 10.3 Å². The number of para-hydroxylation sites is 1. The van der Waals surface area contributed by atoms with Crippen molar-refractivity contribution < 1.29 is 16.1 Å². The van der Waals surface area contributed by atoms with E-state index in [1.54, 1.807) is 11.3 Å². The maximum absolute atomic E-state index is 8.73. The molecule has 0 aliphatic rings. The van der Waals surface area contributed by atoms with Gasteiger partial charge in [0.25, 0.3) is 5.01 Å². The van der Waals surface area contributed by atoms with Crippen LogP contribution in [0.15, 0.2) is 63.4 Å². The minimum atomic E-state index is -1.47. The quantitative estimate of drug-likeness (QED) is 0.255. The summed E-state index contributed by atoms with van der Waals surface area (Å²) in [6.45, 7) is 7.91. The lowest BCUT2D eigenvalue weighted by Crippen LogP contribution is -2.28. The van der Waals surface area contributed by atoms with E-state index in [1.165, 1.54) is 0 Å². The van der Waals surface area contributed by atoms with Gasteiger partial charge in [-0.2, -0.15) is 4.57 Å². The fraction of sp³-hybridized carbons (Fsp3) is 0.250. The fourth-order valence-electron chi connectivity index (χ4n) is 4.52. The van der Waals surface area contributed by atoms with Crippen molar-refractivity contribution in [3.8, 4) is 10.6 Å². The Morgan fingerprint density at radius 1 is 0.938 bits per heavy atom. The summed E-state index contributed by atoms with van der Waals surface area (Å²) in [6, 6.07) is 18.1. The Morgan fingerprint density at radius 2 is 1.72 bits per heavy atom. The predicted octanol–water partition coefficient (Wildman–Crippen LogP) is 7.94. The van der Waals surface area contributed by atoms with Gasteiger partial charge in [0, 0.05) is 18.9 Å². The highest BCUT2D eigenvalue weighted by Crippen LogP contribution is 2.42. The lowest BCUT2D eigenvalue weighted by molar-refractivity contribution is -0.636. The van der Waals surface area contributed by atoms with E-state index in [9.17, 15) is 0 Å². The van der Waals surface area contributed by atoms with Gasteiger partial charge in [-0.1, -0.05) is 68.5 Å². The van der Waals surface area contributed by atoms with Crippen LogP contribution in [0.1, 0.15) is 34.6 Å². The van der Waals surface area contributed by atoms with E-state index >= 15 is 0 Å². The van der Waals surface area contributed by atoms with E-state index in [0.717, 1.165) is 59.5 Å². The molecule has 0 radical (unpaired) electrons. The third-order valence-electron chi connectivity index (χ3n) is 5.92. The Bertz CT molecular complexity index is 1750. The molecule has 0 saturated heterocycles.